The van der Waals surface area contributed by atoms with Crippen molar-refractivity contribution in [1.29, 1.82) is 0 Å². The first-order valence-corrected chi connectivity index (χ1v) is 10.1. The summed E-state index contributed by atoms with van der Waals surface area (Å²) in [4.78, 5) is 8.87. The number of hydrogen-bond donors (Lipinski definition) is 2. The van der Waals surface area contributed by atoms with Crippen molar-refractivity contribution >= 4 is 39.2 Å². The Morgan fingerprint density at radius 3 is 2.78 bits per heavy atom. The van der Waals surface area contributed by atoms with E-state index in [9.17, 15) is 8.42 Å². The lowest BCUT2D eigenvalue weighted by molar-refractivity contribution is 0.595. The van der Waals surface area contributed by atoms with Crippen LogP contribution in [0, 0.1) is 6.92 Å². The van der Waals surface area contributed by atoms with Gasteiger partial charge in [0.15, 0.2) is 9.84 Å². The number of nitrogens with zero attached hydrogens (tertiary/aromatic N) is 2. The predicted molar refractivity (Wildman–Crippen MR) is 96.0 cm³/mol. The van der Waals surface area contributed by atoms with E-state index in [1.54, 1.807) is 24.4 Å². The van der Waals surface area contributed by atoms with Gasteiger partial charge in [0.2, 0.25) is 5.95 Å². The Bertz CT molecular complexity index is 779. The first-order valence-electron chi connectivity index (χ1n) is 7.18. The van der Waals surface area contributed by atoms with Crippen LogP contribution in [0.3, 0.4) is 0 Å². The number of rotatable bonds is 7. The molecule has 0 amide bonds. The highest BCUT2D eigenvalue weighted by atomic mass is 32.2. The second-order valence-electron chi connectivity index (χ2n) is 5.00. The fourth-order valence-electron chi connectivity index (χ4n) is 2.00. The van der Waals surface area contributed by atoms with Crippen LogP contribution in [-0.2, 0) is 9.84 Å². The van der Waals surface area contributed by atoms with Crippen LogP contribution in [0.25, 0.3) is 0 Å². The maximum Gasteiger partial charge on any atom is 0.234 e. The molecule has 1 aromatic carbocycles. The van der Waals surface area contributed by atoms with E-state index in [1.165, 1.54) is 11.9 Å². The summed E-state index contributed by atoms with van der Waals surface area (Å²) in [6, 6.07) is 6.79. The summed E-state index contributed by atoms with van der Waals surface area (Å²) >= 11 is 1.40. The highest BCUT2D eigenvalue weighted by Crippen LogP contribution is 2.23. The minimum absolute atomic E-state index is 0.144. The van der Waals surface area contributed by atoms with Gasteiger partial charge < -0.3 is 5.32 Å². The number of benzene rings is 1. The lowest BCUT2D eigenvalue weighted by atomic mass is 10.3. The smallest absolute Gasteiger partial charge is 0.234 e. The Morgan fingerprint density at radius 1 is 1.30 bits per heavy atom. The summed E-state index contributed by atoms with van der Waals surface area (Å²) in [5.41, 5.74) is 1.55. The van der Waals surface area contributed by atoms with E-state index in [-0.39, 0.29) is 5.75 Å². The van der Waals surface area contributed by atoms with Crippen LogP contribution in [0.4, 0.5) is 17.5 Å². The number of aromatic nitrogens is 2. The topological polar surface area (TPSA) is 84.0 Å². The van der Waals surface area contributed by atoms with Crippen LogP contribution in [-0.4, -0.2) is 30.4 Å². The molecule has 2 aromatic rings. The molecule has 2 rings (SSSR count). The molecule has 0 saturated heterocycles. The van der Waals surface area contributed by atoms with Crippen molar-refractivity contribution in [3.63, 3.8) is 0 Å². The first-order chi connectivity index (χ1) is 11.0. The average molecular weight is 352 g/mol. The molecule has 0 aliphatic heterocycles. The quantitative estimate of drug-likeness (QED) is 0.739. The SMILES string of the molecule is CCCS(=O)(=O)c1cccc(Nc2nc(NSC)ncc2C)c1. The number of aryl methyl sites for hydroxylation is 1. The minimum atomic E-state index is -3.24. The molecule has 0 saturated carbocycles. The highest BCUT2D eigenvalue weighted by Gasteiger charge is 2.14. The molecule has 2 N–H and O–H groups in total. The van der Waals surface area contributed by atoms with Gasteiger partial charge in [0, 0.05) is 23.7 Å². The molecule has 0 unspecified atom stereocenters. The summed E-state index contributed by atoms with van der Waals surface area (Å²) in [5.74, 6) is 1.28. The van der Waals surface area contributed by atoms with Crippen molar-refractivity contribution in [3.05, 3.63) is 36.0 Å². The summed E-state index contributed by atoms with van der Waals surface area (Å²) in [7, 11) is -3.24. The van der Waals surface area contributed by atoms with E-state index in [1.807, 2.05) is 26.2 Å². The van der Waals surface area contributed by atoms with Gasteiger partial charge in [0.05, 0.1) is 10.6 Å². The van der Waals surface area contributed by atoms with E-state index < -0.39 is 9.84 Å². The summed E-state index contributed by atoms with van der Waals surface area (Å²) < 4.78 is 27.3. The number of hydrogen-bond acceptors (Lipinski definition) is 7. The van der Waals surface area contributed by atoms with Gasteiger partial charge in [-0.05, 0) is 31.5 Å². The molecule has 23 heavy (non-hydrogen) atoms. The third kappa shape index (κ3) is 4.59. The maximum absolute atomic E-state index is 12.2. The average Bonchev–Trinajstić information content (AvgIpc) is 2.51. The summed E-state index contributed by atoms with van der Waals surface area (Å²) in [6.45, 7) is 3.74. The van der Waals surface area contributed by atoms with E-state index in [0.717, 1.165) is 5.56 Å². The van der Waals surface area contributed by atoms with Gasteiger partial charge in [-0.3, -0.25) is 4.72 Å². The molecular weight excluding hydrogens is 332 g/mol. The van der Waals surface area contributed by atoms with Crippen molar-refractivity contribution in [1.82, 2.24) is 9.97 Å². The van der Waals surface area contributed by atoms with E-state index in [0.29, 0.717) is 28.8 Å². The van der Waals surface area contributed by atoms with Crippen LogP contribution >= 0.6 is 11.9 Å². The van der Waals surface area contributed by atoms with Gasteiger partial charge in [0.1, 0.15) is 5.82 Å². The van der Waals surface area contributed by atoms with Crippen molar-refractivity contribution < 1.29 is 8.42 Å². The molecule has 6 nitrogen and oxygen atoms in total. The second-order valence-corrected chi connectivity index (χ2v) is 7.72. The van der Waals surface area contributed by atoms with Crippen molar-refractivity contribution in [3.8, 4) is 0 Å². The van der Waals surface area contributed by atoms with Gasteiger partial charge in [-0.15, -0.1) is 0 Å². The van der Waals surface area contributed by atoms with E-state index >= 15 is 0 Å². The van der Waals surface area contributed by atoms with Gasteiger partial charge in [-0.25, -0.2) is 13.4 Å². The molecule has 0 radical (unpaired) electrons. The Morgan fingerprint density at radius 2 is 2.09 bits per heavy atom. The Hall–Kier alpha value is -1.80. The molecule has 0 bridgehead atoms. The minimum Gasteiger partial charge on any atom is -0.340 e. The second kappa shape index (κ2) is 7.65. The van der Waals surface area contributed by atoms with Gasteiger partial charge in [-0.1, -0.05) is 24.9 Å². The zero-order valence-corrected chi connectivity index (χ0v) is 15.0. The van der Waals surface area contributed by atoms with Crippen LogP contribution in [0.15, 0.2) is 35.4 Å². The third-order valence-electron chi connectivity index (χ3n) is 3.09. The Labute approximate surface area is 141 Å². The third-order valence-corrected chi connectivity index (χ3v) is 5.40. The fraction of sp³-hybridized carbons (Fsp3) is 0.333. The lowest BCUT2D eigenvalue weighted by Gasteiger charge is -2.11. The first kappa shape index (κ1) is 17.6. The van der Waals surface area contributed by atoms with Crippen LogP contribution in [0.2, 0.25) is 0 Å². The van der Waals surface area contributed by atoms with Gasteiger partial charge in [0.25, 0.3) is 0 Å². The van der Waals surface area contributed by atoms with Gasteiger partial charge in [-0.2, -0.15) is 4.98 Å². The normalized spacial score (nSPS) is 11.3. The lowest BCUT2D eigenvalue weighted by Crippen LogP contribution is -2.06. The molecule has 8 heteroatoms. The molecule has 0 fully saturated rings. The number of nitrogens with one attached hydrogen (secondary N) is 2. The van der Waals surface area contributed by atoms with Crippen molar-refractivity contribution in [2.75, 3.05) is 22.0 Å². The van der Waals surface area contributed by atoms with Crippen LogP contribution in [0.5, 0.6) is 0 Å². The van der Waals surface area contributed by atoms with Gasteiger partial charge >= 0.3 is 0 Å². The number of sulfone groups is 1. The molecule has 0 aliphatic carbocycles. The standard InChI is InChI=1S/C15H20N4O2S2/c1-4-8-23(20,21)13-7-5-6-12(9-13)17-14-11(2)10-16-15(18-14)19-22-3/h5-7,9-10H,4,8H2,1-3H3,(H2,16,17,18,19). The van der Waals surface area contributed by atoms with Crippen molar-refractivity contribution in [2.24, 2.45) is 0 Å². The molecule has 0 aliphatic rings. The summed E-state index contributed by atoms with van der Waals surface area (Å²) in [5, 5.41) is 3.16. The van der Waals surface area contributed by atoms with Crippen LogP contribution in [0.1, 0.15) is 18.9 Å². The zero-order chi connectivity index (χ0) is 16.9. The highest BCUT2D eigenvalue weighted by molar-refractivity contribution is 7.99. The van der Waals surface area contributed by atoms with E-state index in [2.05, 4.69) is 20.0 Å². The Kier molecular flexibility index (Phi) is 5.84. The molecule has 0 spiro atoms. The molecule has 124 valence electrons. The van der Waals surface area contributed by atoms with Crippen molar-refractivity contribution in [2.45, 2.75) is 25.2 Å². The number of anilines is 3. The van der Waals surface area contributed by atoms with Crippen LogP contribution < -0.4 is 10.0 Å². The largest absolute Gasteiger partial charge is 0.340 e. The monoisotopic (exact) mass is 352 g/mol. The maximum atomic E-state index is 12.2. The molecule has 0 atom stereocenters. The molecular formula is C15H20N4O2S2. The molecule has 1 aromatic heterocycles. The van der Waals surface area contributed by atoms with E-state index in [4.69, 9.17) is 0 Å². The predicted octanol–water partition coefficient (Wildman–Crippen LogP) is 3.40. The summed E-state index contributed by atoms with van der Waals surface area (Å²) in [6.07, 6.45) is 4.19. The fourth-order valence-corrected chi connectivity index (χ4v) is 3.65. The Balaban J connectivity index is 2.29. The zero-order valence-electron chi connectivity index (χ0n) is 13.3. The molecule has 1 heterocycles.